The van der Waals surface area contributed by atoms with Gasteiger partial charge in [0.25, 0.3) is 5.91 Å². The summed E-state index contributed by atoms with van der Waals surface area (Å²) in [7, 11) is 1.86. The third kappa shape index (κ3) is 4.61. The van der Waals surface area contributed by atoms with E-state index in [0.29, 0.717) is 26.2 Å². The smallest absolute Gasteiger partial charge is 0.323 e. The van der Waals surface area contributed by atoms with Gasteiger partial charge in [-0.15, -0.1) is 0 Å². The number of para-hydroxylation sites is 1. The predicted octanol–water partition coefficient (Wildman–Crippen LogP) is -0.0372. The molecular weight excluding hydrogens is 362 g/mol. The first-order valence-electron chi connectivity index (χ1n) is 9.19. The lowest BCUT2D eigenvalue weighted by Crippen LogP contribution is -2.59. The lowest BCUT2D eigenvalue weighted by molar-refractivity contribution is -0.127. The Morgan fingerprint density at radius 3 is 2.79 bits per heavy atom. The second-order valence-electron chi connectivity index (χ2n) is 6.81. The van der Waals surface area contributed by atoms with E-state index in [0.717, 1.165) is 11.3 Å². The van der Waals surface area contributed by atoms with Crippen LogP contribution in [0.1, 0.15) is 16.1 Å². The van der Waals surface area contributed by atoms with Gasteiger partial charge in [0.05, 0.1) is 6.54 Å². The Hall–Kier alpha value is -3.07. The van der Waals surface area contributed by atoms with E-state index in [2.05, 4.69) is 15.3 Å². The average Bonchev–Trinajstić information content (AvgIpc) is 3.12. The van der Waals surface area contributed by atoms with Gasteiger partial charge in [-0.2, -0.15) is 0 Å². The van der Waals surface area contributed by atoms with E-state index in [1.807, 2.05) is 43.1 Å². The van der Waals surface area contributed by atoms with Gasteiger partial charge in [-0.25, -0.2) is 4.79 Å². The zero-order valence-electron chi connectivity index (χ0n) is 16.0. The molecule has 0 spiro atoms. The first kappa shape index (κ1) is 19.7. The minimum absolute atomic E-state index is 0.157. The number of nitrogens with one attached hydrogen (secondary N) is 3. The van der Waals surface area contributed by atoms with Gasteiger partial charge < -0.3 is 24.9 Å². The van der Waals surface area contributed by atoms with Crippen molar-refractivity contribution in [1.82, 2.24) is 25.1 Å². The summed E-state index contributed by atoms with van der Waals surface area (Å²) in [6, 6.07) is 7.25. The fraction of sp³-hybridized carbons (Fsp3) is 0.421. The molecule has 9 nitrogen and oxygen atoms in total. The van der Waals surface area contributed by atoms with Crippen LogP contribution in [0.15, 0.2) is 35.3 Å². The Bertz CT molecular complexity index is 890. The summed E-state index contributed by atoms with van der Waals surface area (Å²) in [5.41, 5.74) is 0.804. The maximum absolute atomic E-state index is 12.6. The van der Waals surface area contributed by atoms with E-state index < -0.39 is 11.7 Å². The monoisotopic (exact) mass is 387 g/mol. The lowest BCUT2D eigenvalue weighted by atomic mass is 10.1. The molecule has 3 N–H and O–H groups in total. The van der Waals surface area contributed by atoms with E-state index >= 15 is 0 Å². The summed E-state index contributed by atoms with van der Waals surface area (Å²) in [5.74, 6) is 0.340. The highest BCUT2D eigenvalue weighted by Crippen LogP contribution is 2.15. The molecule has 0 aliphatic carbocycles. The maximum Gasteiger partial charge on any atom is 0.323 e. The molecule has 1 aromatic carbocycles. The number of aryl methyl sites for hydroxylation is 1. The number of benzene rings is 1. The van der Waals surface area contributed by atoms with Gasteiger partial charge in [0, 0.05) is 25.8 Å². The van der Waals surface area contributed by atoms with Crippen LogP contribution in [-0.2, 0) is 4.79 Å². The third-order valence-corrected chi connectivity index (χ3v) is 4.82. The number of likely N-dealkylation sites (N-methyl/N-ethyl adjacent to an activating group) is 1. The molecule has 2 amide bonds. The zero-order valence-corrected chi connectivity index (χ0v) is 16.0. The molecule has 2 heterocycles. The maximum atomic E-state index is 12.6. The molecule has 1 atom stereocenters. The Labute approximate surface area is 162 Å². The highest BCUT2D eigenvalue weighted by atomic mass is 16.5. The van der Waals surface area contributed by atoms with Crippen LogP contribution in [-0.4, -0.2) is 77.5 Å². The van der Waals surface area contributed by atoms with E-state index in [-0.39, 0.29) is 24.1 Å². The fourth-order valence-electron chi connectivity index (χ4n) is 3.13. The van der Waals surface area contributed by atoms with Crippen molar-refractivity contribution < 1.29 is 14.3 Å². The molecule has 28 heavy (non-hydrogen) atoms. The molecule has 150 valence electrons. The normalized spacial score (nSPS) is 17.4. The molecule has 1 aromatic heterocycles. The number of nitrogens with zero attached hydrogens (tertiary/aromatic N) is 2. The van der Waals surface area contributed by atoms with Crippen LogP contribution in [0.25, 0.3) is 0 Å². The number of rotatable bonds is 6. The van der Waals surface area contributed by atoms with Crippen LogP contribution in [0.4, 0.5) is 0 Å². The number of carbonyl (C=O) groups is 2. The third-order valence-electron chi connectivity index (χ3n) is 4.82. The van der Waals surface area contributed by atoms with Gasteiger partial charge >= 0.3 is 5.69 Å². The Morgan fingerprint density at radius 2 is 2.07 bits per heavy atom. The zero-order chi connectivity index (χ0) is 20.1. The van der Waals surface area contributed by atoms with Crippen molar-refractivity contribution in [3.8, 4) is 5.75 Å². The SMILES string of the molecule is Cc1ccccc1OCCNC(=O)C1CN(C(=O)c2c[nH]c(=O)[nH]2)CCN1C. The molecular formula is C19H25N5O4. The van der Waals surface area contributed by atoms with Gasteiger partial charge in [-0.05, 0) is 25.6 Å². The lowest BCUT2D eigenvalue weighted by Gasteiger charge is -2.38. The van der Waals surface area contributed by atoms with Crippen LogP contribution < -0.4 is 15.7 Å². The Morgan fingerprint density at radius 1 is 1.29 bits per heavy atom. The number of aromatic amines is 2. The highest BCUT2D eigenvalue weighted by Gasteiger charge is 2.32. The number of carbonyl (C=O) groups excluding carboxylic acids is 2. The Balaban J connectivity index is 1.51. The standard InChI is InChI=1S/C19H25N5O4/c1-13-5-3-4-6-16(13)28-10-7-20-17(25)15-12-24(9-8-23(15)2)18(26)14-11-21-19(27)22-14/h3-6,11,15H,7-10,12H2,1-2H3,(H,20,25)(H2,21,22,27). The first-order valence-corrected chi connectivity index (χ1v) is 9.19. The minimum Gasteiger partial charge on any atom is -0.491 e. The van der Waals surface area contributed by atoms with Crippen molar-refractivity contribution in [2.24, 2.45) is 0 Å². The van der Waals surface area contributed by atoms with E-state index in [4.69, 9.17) is 4.74 Å². The number of ether oxygens (including phenoxy) is 1. The number of aromatic nitrogens is 2. The molecule has 1 saturated heterocycles. The molecule has 1 unspecified atom stereocenters. The topological polar surface area (TPSA) is 111 Å². The van der Waals surface area contributed by atoms with Gasteiger partial charge in [-0.3, -0.25) is 14.5 Å². The second kappa shape index (κ2) is 8.75. The number of piperazine rings is 1. The van der Waals surface area contributed by atoms with Crippen molar-refractivity contribution in [2.45, 2.75) is 13.0 Å². The number of H-pyrrole nitrogens is 2. The van der Waals surface area contributed by atoms with Gasteiger partial charge in [0.2, 0.25) is 5.91 Å². The van der Waals surface area contributed by atoms with Crippen LogP contribution in [0, 0.1) is 6.92 Å². The van der Waals surface area contributed by atoms with Crippen molar-refractivity contribution >= 4 is 11.8 Å². The summed E-state index contributed by atoms with van der Waals surface area (Å²) in [5, 5.41) is 2.87. The first-order chi connectivity index (χ1) is 13.5. The molecule has 3 rings (SSSR count). The van der Waals surface area contributed by atoms with Gasteiger partial charge in [-0.1, -0.05) is 18.2 Å². The van der Waals surface area contributed by atoms with Gasteiger partial charge in [0.1, 0.15) is 24.1 Å². The van der Waals surface area contributed by atoms with Crippen molar-refractivity contribution in [3.05, 3.63) is 52.2 Å². The van der Waals surface area contributed by atoms with E-state index in [1.165, 1.54) is 6.20 Å². The molecule has 1 aliphatic rings. The second-order valence-corrected chi connectivity index (χ2v) is 6.81. The van der Waals surface area contributed by atoms with Crippen molar-refractivity contribution in [3.63, 3.8) is 0 Å². The van der Waals surface area contributed by atoms with Crippen LogP contribution >= 0.6 is 0 Å². The summed E-state index contributed by atoms with van der Waals surface area (Å²) in [6.45, 7) is 4.01. The molecule has 2 aromatic rings. The van der Waals surface area contributed by atoms with E-state index in [1.54, 1.807) is 4.90 Å². The molecule has 1 fully saturated rings. The number of imidazole rings is 1. The molecule has 1 aliphatic heterocycles. The number of hydrogen-bond donors (Lipinski definition) is 3. The number of amides is 2. The number of hydrogen-bond acceptors (Lipinski definition) is 5. The molecule has 0 saturated carbocycles. The van der Waals surface area contributed by atoms with Crippen LogP contribution in [0.2, 0.25) is 0 Å². The summed E-state index contributed by atoms with van der Waals surface area (Å²) in [4.78, 5) is 44.7. The average molecular weight is 387 g/mol. The largest absolute Gasteiger partial charge is 0.491 e. The van der Waals surface area contributed by atoms with Gasteiger partial charge in [0.15, 0.2) is 0 Å². The van der Waals surface area contributed by atoms with Crippen LogP contribution in [0.3, 0.4) is 0 Å². The van der Waals surface area contributed by atoms with Crippen LogP contribution in [0.5, 0.6) is 5.75 Å². The fourth-order valence-corrected chi connectivity index (χ4v) is 3.13. The predicted molar refractivity (Wildman–Crippen MR) is 103 cm³/mol. The molecule has 0 radical (unpaired) electrons. The van der Waals surface area contributed by atoms with Crippen molar-refractivity contribution in [1.29, 1.82) is 0 Å². The quantitative estimate of drug-likeness (QED) is 0.603. The van der Waals surface area contributed by atoms with E-state index in [9.17, 15) is 14.4 Å². The van der Waals surface area contributed by atoms with Crippen molar-refractivity contribution in [2.75, 3.05) is 39.8 Å². The summed E-state index contributed by atoms with van der Waals surface area (Å²) in [6.07, 6.45) is 1.35. The highest BCUT2D eigenvalue weighted by molar-refractivity contribution is 5.93. The molecule has 0 bridgehead atoms. The summed E-state index contributed by atoms with van der Waals surface area (Å²) < 4.78 is 5.69. The summed E-state index contributed by atoms with van der Waals surface area (Å²) >= 11 is 0. The molecule has 9 heteroatoms. The Kier molecular flexibility index (Phi) is 6.15. The minimum atomic E-state index is -0.457.